The van der Waals surface area contributed by atoms with E-state index in [0.717, 1.165) is 0 Å². The lowest BCUT2D eigenvalue weighted by atomic mass is 9.97. The molecule has 0 spiro atoms. The van der Waals surface area contributed by atoms with Crippen molar-refractivity contribution < 1.29 is 29.4 Å². The summed E-state index contributed by atoms with van der Waals surface area (Å²) in [5.74, 6) is -2.91. The molecule has 0 heterocycles. The summed E-state index contributed by atoms with van der Waals surface area (Å²) in [6.07, 6.45) is 2.41. The molecule has 0 fully saturated rings. The quantitative estimate of drug-likeness (QED) is 0.143. The van der Waals surface area contributed by atoms with Crippen molar-refractivity contribution >= 4 is 23.7 Å². The van der Waals surface area contributed by atoms with Crippen LogP contribution in [-0.4, -0.2) is 64.6 Å². The fourth-order valence-corrected chi connectivity index (χ4v) is 3.86. The van der Waals surface area contributed by atoms with Crippen LogP contribution >= 0.6 is 0 Å². The maximum Gasteiger partial charge on any atom is 0.326 e. The van der Waals surface area contributed by atoms with Crippen LogP contribution in [0.4, 0.5) is 0 Å². The van der Waals surface area contributed by atoms with E-state index in [0.29, 0.717) is 31.4 Å². The number of carboxylic acids is 1. The number of hydrogen-bond acceptors (Lipinski definition) is 7. The molecule has 0 aromatic heterocycles. The molecule has 0 saturated carbocycles. The lowest BCUT2D eigenvalue weighted by molar-refractivity contribution is -0.142. The zero-order valence-electron chi connectivity index (χ0n) is 22.9. The summed E-state index contributed by atoms with van der Waals surface area (Å²) in [5, 5.41) is 27.1. The molecule has 0 saturated heterocycles. The Morgan fingerprint density at radius 2 is 1.42 bits per heavy atom. The van der Waals surface area contributed by atoms with E-state index in [2.05, 4.69) is 16.0 Å². The van der Waals surface area contributed by atoms with Crippen molar-refractivity contribution in [2.75, 3.05) is 6.54 Å². The molecule has 1 rings (SSSR count). The van der Waals surface area contributed by atoms with E-state index in [1.165, 1.54) is 12.1 Å². The molecular formula is C27H45N5O6. The highest BCUT2D eigenvalue weighted by Crippen LogP contribution is 2.14. The summed E-state index contributed by atoms with van der Waals surface area (Å²) in [5.41, 5.74) is 12.2. The maximum absolute atomic E-state index is 13.4. The van der Waals surface area contributed by atoms with Crippen LogP contribution in [0.1, 0.15) is 65.4 Å². The number of hydrogen-bond donors (Lipinski definition) is 7. The van der Waals surface area contributed by atoms with Gasteiger partial charge >= 0.3 is 5.97 Å². The van der Waals surface area contributed by atoms with Gasteiger partial charge in [-0.3, -0.25) is 14.4 Å². The normalized spacial score (nSPS) is 15.1. The molecule has 38 heavy (non-hydrogen) atoms. The number of aliphatic carboxylic acids is 1. The molecule has 0 aliphatic heterocycles. The first-order chi connectivity index (χ1) is 17.9. The minimum Gasteiger partial charge on any atom is -0.508 e. The second-order valence-electron chi connectivity index (χ2n) is 10.2. The van der Waals surface area contributed by atoms with Crippen molar-refractivity contribution in [1.82, 2.24) is 16.0 Å². The Morgan fingerprint density at radius 3 is 1.95 bits per heavy atom. The molecule has 214 valence electrons. The Kier molecular flexibility index (Phi) is 14.4. The molecule has 1 aromatic carbocycles. The van der Waals surface area contributed by atoms with Crippen molar-refractivity contribution in [2.45, 2.75) is 90.4 Å². The van der Waals surface area contributed by atoms with Gasteiger partial charge in [-0.1, -0.05) is 46.2 Å². The number of aromatic hydroxyl groups is 1. The largest absolute Gasteiger partial charge is 0.508 e. The van der Waals surface area contributed by atoms with Crippen molar-refractivity contribution in [3.05, 3.63) is 29.8 Å². The molecule has 9 N–H and O–H groups in total. The van der Waals surface area contributed by atoms with E-state index >= 15 is 0 Å². The molecule has 0 radical (unpaired) electrons. The zero-order chi connectivity index (χ0) is 28.8. The van der Waals surface area contributed by atoms with Gasteiger partial charge in [-0.15, -0.1) is 0 Å². The van der Waals surface area contributed by atoms with Crippen molar-refractivity contribution in [1.29, 1.82) is 0 Å². The van der Waals surface area contributed by atoms with Crippen LogP contribution in [0.5, 0.6) is 5.75 Å². The Morgan fingerprint density at radius 1 is 0.868 bits per heavy atom. The fourth-order valence-electron chi connectivity index (χ4n) is 3.86. The Bertz CT molecular complexity index is 908. The Hall–Kier alpha value is -3.18. The highest BCUT2D eigenvalue weighted by Gasteiger charge is 2.31. The number of carbonyl (C=O) groups excluding carboxylic acids is 3. The van der Waals surface area contributed by atoms with Crippen LogP contribution in [0, 0.1) is 11.8 Å². The number of unbranched alkanes of at least 4 members (excludes halogenated alkanes) is 1. The topological polar surface area (TPSA) is 197 Å². The SMILES string of the molecule is CCC(C)C(N)C(=O)NC(Cc1ccc(O)cc1)C(=O)NC(CC(C)C)C(=O)NC(CCCCN)C(=O)O. The molecule has 5 atom stereocenters. The van der Waals surface area contributed by atoms with Crippen molar-refractivity contribution in [3.63, 3.8) is 0 Å². The summed E-state index contributed by atoms with van der Waals surface area (Å²) in [7, 11) is 0. The third-order valence-corrected chi connectivity index (χ3v) is 6.47. The molecule has 3 amide bonds. The average molecular weight is 536 g/mol. The van der Waals surface area contributed by atoms with Gasteiger partial charge in [-0.2, -0.15) is 0 Å². The van der Waals surface area contributed by atoms with Crippen LogP contribution in [-0.2, 0) is 25.6 Å². The number of nitrogens with one attached hydrogen (secondary N) is 3. The number of phenols is 1. The third kappa shape index (κ3) is 11.5. The number of phenolic OH excluding ortho intramolecular Hbond substituents is 1. The monoisotopic (exact) mass is 535 g/mol. The van der Waals surface area contributed by atoms with Gasteiger partial charge in [-0.25, -0.2) is 4.79 Å². The number of carboxylic acid groups (broad SMARTS) is 1. The van der Waals surface area contributed by atoms with Gasteiger partial charge in [0, 0.05) is 6.42 Å². The minimum absolute atomic E-state index is 0.00975. The molecular weight excluding hydrogens is 490 g/mol. The highest BCUT2D eigenvalue weighted by atomic mass is 16.4. The van der Waals surface area contributed by atoms with Crippen LogP contribution < -0.4 is 27.4 Å². The Labute approximate surface area is 225 Å². The second kappa shape index (κ2) is 16.6. The van der Waals surface area contributed by atoms with E-state index in [1.807, 2.05) is 27.7 Å². The predicted molar refractivity (Wildman–Crippen MR) is 145 cm³/mol. The summed E-state index contributed by atoms with van der Waals surface area (Å²) >= 11 is 0. The van der Waals surface area contributed by atoms with Gasteiger partial charge in [0.05, 0.1) is 6.04 Å². The first-order valence-electron chi connectivity index (χ1n) is 13.3. The summed E-state index contributed by atoms with van der Waals surface area (Å²) in [6, 6.07) is 2.22. The third-order valence-electron chi connectivity index (χ3n) is 6.47. The van der Waals surface area contributed by atoms with E-state index in [1.54, 1.807) is 12.1 Å². The summed E-state index contributed by atoms with van der Waals surface area (Å²) < 4.78 is 0. The van der Waals surface area contributed by atoms with Crippen LogP contribution in [0.3, 0.4) is 0 Å². The van der Waals surface area contributed by atoms with E-state index in [4.69, 9.17) is 11.5 Å². The molecule has 0 bridgehead atoms. The molecule has 0 aliphatic rings. The number of rotatable bonds is 17. The van der Waals surface area contributed by atoms with Crippen LogP contribution in [0.2, 0.25) is 0 Å². The van der Waals surface area contributed by atoms with E-state index < -0.39 is 47.9 Å². The lowest BCUT2D eigenvalue weighted by Crippen LogP contribution is -2.58. The maximum atomic E-state index is 13.4. The first kappa shape index (κ1) is 32.8. The molecule has 5 unspecified atom stereocenters. The molecule has 11 heteroatoms. The molecule has 11 nitrogen and oxygen atoms in total. The minimum atomic E-state index is -1.17. The van der Waals surface area contributed by atoms with Gasteiger partial charge in [0.2, 0.25) is 17.7 Å². The van der Waals surface area contributed by atoms with E-state index in [9.17, 15) is 29.4 Å². The molecule has 1 aromatic rings. The molecule has 0 aliphatic carbocycles. The van der Waals surface area contributed by atoms with Crippen molar-refractivity contribution in [3.8, 4) is 5.75 Å². The number of nitrogens with two attached hydrogens (primary N) is 2. The number of benzene rings is 1. The van der Waals surface area contributed by atoms with Gasteiger partial charge < -0.3 is 37.6 Å². The highest BCUT2D eigenvalue weighted by molar-refractivity contribution is 5.94. The van der Waals surface area contributed by atoms with Crippen molar-refractivity contribution in [2.24, 2.45) is 23.3 Å². The smallest absolute Gasteiger partial charge is 0.326 e. The summed E-state index contributed by atoms with van der Waals surface area (Å²) in [6.45, 7) is 7.93. The average Bonchev–Trinajstić information content (AvgIpc) is 2.87. The standard InChI is InChI=1S/C27H45N5O6/c1-5-17(4)23(29)26(36)32-22(15-18-9-11-19(33)12-10-18)25(35)31-21(14-16(2)3)24(34)30-20(27(37)38)8-6-7-13-28/h9-12,16-17,20-23,33H,5-8,13-15,28-29H2,1-4H3,(H,30,34)(H,31,35)(H,32,36)(H,37,38). The summed E-state index contributed by atoms with van der Waals surface area (Å²) in [4.78, 5) is 51.0. The predicted octanol–water partition coefficient (Wildman–Crippen LogP) is 1.02. The lowest BCUT2D eigenvalue weighted by Gasteiger charge is -2.27. The zero-order valence-corrected chi connectivity index (χ0v) is 22.9. The number of amides is 3. The second-order valence-corrected chi connectivity index (χ2v) is 10.2. The Balaban J connectivity index is 3.12. The van der Waals surface area contributed by atoms with Gasteiger partial charge in [0.15, 0.2) is 0 Å². The first-order valence-corrected chi connectivity index (χ1v) is 13.3. The van der Waals surface area contributed by atoms with E-state index in [-0.39, 0.29) is 36.8 Å². The van der Waals surface area contributed by atoms with Crippen LogP contribution in [0.25, 0.3) is 0 Å². The van der Waals surface area contributed by atoms with Gasteiger partial charge in [-0.05, 0) is 61.8 Å². The van der Waals surface area contributed by atoms with Crippen LogP contribution in [0.15, 0.2) is 24.3 Å². The fraction of sp³-hybridized carbons (Fsp3) is 0.630. The van der Waals surface area contributed by atoms with Gasteiger partial charge in [0.1, 0.15) is 23.9 Å². The number of carbonyl (C=O) groups is 4. The van der Waals surface area contributed by atoms with Gasteiger partial charge in [0.25, 0.3) is 0 Å².